The second-order valence-electron chi connectivity index (χ2n) is 8.09. The van der Waals surface area contributed by atoms with Crippen LogP contribution >= 0.6 is 0 Å². The quantitative estimate of drug-likeness (QED) is 0.703. The van der Waals surface area contributed by atoms with E-state index in [4.69, 9.17) is 4.74 Å². The fraction of sp³-hybridized carbons (Fsp3) is 0.619. The minimum atomic E-state index is -3.66. The van der Waals surface area contributed by atoms with Crippen molar-refractivity contribution in [2.24, 2.45) is 5.92 Å². The predicted octanol–water partition coefficient (Wildman–Crippen LogP) is 2.30. The van der Waals surface area contributed by atoms with E-state index in [2.05, 4.69) is 4.72 Å². The molecule has 0 atom stereocenters. The van der Waals surface area contributed by atoms with Crippen LogP contribution in [0.4, 0.5) is 4.79 Å². The van der Waals surface area contributed by atoms with Gasteiger partial charge in [-0.05, 0) is 49.4 Å². The molecule has 0 spiro atoms. The van der Waals surface area contributed by atoms with E-state index in [1.54, 1.807) is 28.0 Å². The van der Waals surface area contributed by atoms with Crippen LogP contribution in [0.3, 0.4) is 0 Å². The summed E-state index contributed by atoms with van der Waals surface area (Å²) in [6, 6.07) is 4.96. The first-order valence-corrected chi connectivity index (χ1v) is 11.8. The summed E-state index contributed by atoms with van der Waals surface area (Å²) in [5, 5.41) is 0. The van der Waals surface area contributed by atoms with Crippen LogP contribution in [0.2, 0.25) is 0 Å². The summed E-state index contributed by atoms with van der Waals surface area (Å²) in [5.41, 5.74) is 1.92. The number of carbonyl (C=O) groups excluding carboxylic acids is 2. The molecule has 1 N–H and O–H groups in total. The van der Waals surface area contributed by atoms with Gasteiger partial charge in [0.05, 0.1) is 11.5 Å². The summed E-state index contributed by atoms with van der Waals surface area (Å²) >= 11 is 0. The second-order valence-corrected chi connectivity index (χ2v) is 9.85. The zero-order valence-corrected chi connectivity index (χ0v) is 19.1. The van der Waals surface area contributed by atoms with Crippen LogP contribution in [0.25, 0.3) is 0 Å². The molecule has 1 aromatic rings. The number of aryl methyl sites for hydroxylation is 2. The summed E-state index contributed by atoms with van der Waals surface area (Å²) in [5.74, 6) is 0.141. The Hall–Kier alpha value is -2.13. The second kappa shape index (κ2) is 10.8. The minimum Gasteiger partial charge on any atom is -0.449 e. The van der Waals surface area contributed by atoms with Gasteiger partial charge in [-0.3, -0.25) is 4.79 Å². The molecule has 2 amide bonds. The van der Waals surface area contributed by atoms with Crippen molar-refractivity contribution in [3.63, 3.8) is 0 Å². The van der Waals surface area contributed by atoms with E-state index in [0.717, 1.165) is 11.1 Å². The molecule has 0 unspecified atom stereocenters. The molecule has 0 saturated carbocycles. The molecule has 1 saturated heterocycles. The number of amides is 2. The van der Waals surface area contributed by atoms with Gasteiger partial charge in [-0.25, -0.2) is 17.9 Å². The minimum absolute atomic E-state index is 0.0325. The van der Waals surface area contributed by atoms with Gasteiger partial charge in [0.15, 0.2) is 0 Å². The van der Waals surface area contributed by atoms with Crippen LogP contribution in [0, 0.1) is 19.8 Å². The van der Waals surface area contributed by atoms with Crippen molar-refractivity contribution in [3.05, 3.63) is 29.3 Å². The van der Waals surface area contributed by atoms with Gasteiger partial charge >= 0.3 is 6.09 Å². The molecule has 30 heavy (non-hydrogen) atoms. The summed E-state index contributed by atoms with van der Waals surface area (Å²) in [7, 11) is -3.66. The Kier molecular flexibility index (Phi) is 8.66. The standard InChI is InChI=1S/C21H33N3O5S/c1-16(2)15-29-21(26)24-11-5-10-23(12-13-24)20(25)8-9-22-30(27,28)19-7-6-17(3)18(4)14-19/h6-7,14,16,22H,5,8-13,15H2,1-4H3. The van der Waals surface area contributed by atoms with Crippen LogP contribution in [0.5, 0.6) is 0 Å². The highest BCUT2D eigenvalue weighted by molar-refractivity contribution is 7.89. The van der Waals surface area contributed by atoms with E-state index in [1.165, 1.54) is 0 Å². The number of ether oxygens (including phenoxy) is 1. The van der Waals surface area contributed by atoms with E-state index >= 15 is 0 Å². The van der Waals surface area contributed by atoms with Gasteiger partial charge < -0.3 is 14.5 Å². The summed E-state index contributed by atoms with van der Waals surface area (Å²) in [4.78, 5) is 28.1. The topological polar surface area (TPSA) is 96.0 Å². The van der Waals surface area contributed by atoms with Crippen LogP contribution in [-0.4, -0.2) is 69.5 Å². The normalized spacial score (nSPS) is 15.2. The van der Waals surface area contributed by atoms with Gasteiger partial charge in [0.1, 0.15) is 0 Å². The maximum atomic E-state index is 12.5. The van der Waals surface area contributed by atoms with Gasteiger partial charge in [-0.2, -0.15) is 0 Å². The Balaban J connectivity index is 1.82. The Labute approximate surface area is 179 Å². The largest absolute Gasteiger partial charge is 0.449 e. The Morgan fingerprint density at radius 1 is 1.07 bits per heavy atom. The SMILES string of the molecule is Cc1ccc(S(=O)(=O)NCCC(=O)N2CCCN(C(=O)OCC(C)C)CC2)cc1C. The van der Waals surface area contributed by atoms with Crippen molar-refractivity contribution in [3.8, 4) is 0 Å². The maximum Gasteiger partial charge on any atom is 0.409 e. The van der Waals surface area contributed by atoms with E-state index < -0.39 is 10.0 Å². The molecule has 168 valence electrons. The number of carbonyl (C=O) groups is 2. The molecule has 1 aliphatic heterocycles. The van der Waals surface area contributed by atoms with E-state index in [1.807, 2.05) is 27.7 Å². The zero-order valence-electron chi connectivity index (χ0n) is 18.3. The summed E-state index contributed by atoms with van der Waals surface area (Å²) in [6.45, 7) is 10.1. The Morgan fingerprint density at radius 3 is 2.40 bits per heavy atom. The van der Waals surface area contributed by atoms with Gasteiger partial charge in [0.25, 0.3) is 0 Å². The van der Waals surface area contributed by atoms with Crippen LogP contribution in [-0.2, 0) is 19.6 Å². The molecular formula is C21H33N3O5S. The third-order valence-corrected chi connectivity index (χ3v) is 6.53. The van der Waals surface area contributed by atoms with Crippen LogP contribution < -0.4 is 4.72 Å². The van der Waals surface area contributed by atoms with E-state index in [-0.39, 0.29) is 35.8 Å². The number of hydrogen-bond acceptors (Lipinski definition) is 5. The molecule has 2 rings (SSSR count). The zero-order chi connectivity index (χ0) is 22.3. The number of benzene rings is 1. The Bertz CT molecular complexity index is 854. The molecule has 8 nitrogen and oxygen atoms in total. The third-order valence-electron chi connectivity index (χ3n) is 5.07. The van der Waals surface area contributed by atoms with E-state index in [0.29, 0.717) is 39.2 Å². The molecule has 1 aliphatic rings. The lowest BCUT2D eigenvalue weighted by molar-refractivity contribution is -0.130. The highest BCUT2D eigenvalue weighted by atomic mass is 32.2. The van der Waals surface area contributed by atoms with Crippen molar-refractivity contribution < 1.29 is 22.7 Å². The van der Waals surface area contributed by atoms with Gasteiger partial charge in [0.2, 0.25) is 15.9 Å². The number of sulfonamides is 1. The monoisotopic (exact) mass is 439 g/mol. The van der Waals surface area contributed by atoms with Crippen molar-refractivity contribution in [2.75, 3.05) is 39.3 Å². The highest BCUT2D eigenvalue weighted by Gasteiger charge is 2.23. The lowest BCUT2D eigenvalue weighted by Gasteiger charge is -2.22. The molecule has 0 aliphatic carbocycles. The highest BCUT2D eigenvalue weighted by Crippen LogP contribution is 2.14. The van der Waals surface area contributed by atoms with Crippen molar-refractivity contribution >= 4 is 22.0 Å². The molecule has 0 bridgehead atoms. The molecule has 9 heteroatoms. The van der Waals surface area contributed by atoms with Gasteiger partial charge in [-0.1, -0.05) is 19.9 Å². The molecule has 0 aromatic heterocycles. The van der Waals surface area contributed by atoms with Gasteiger partial charge in [0, 0.05) is 39.1 Å². The fourth-order valence-electron chi connectivity index (χ4n) is 3.09. The summed E-state index contributed by atoms with van der Waals surface area (Å²) in [6.07, 6.45) is 0.387. The van der Waals surface area contributed by atoms with Crippen molar-refractivity contribution in [1.29, 1.82) is 0 Å². The summed E-state index contributed by atoms with van der Waals surface area (Å²) < 4.78 is 32.6. The van der Waals surface area contributed by atoms with Crippen LogP contribution in [0.1, 0.15) is 37.8 Å². The molecule has 1 fully saturated rings. The number of nitrogens with zero attached hydrogens (tertiary/aromatic N) is 2. The molecule has 1 aromatic carbocycles. The fourth-order valence-corrected chi connectivity index (χ4v) is 4.21. The maximum absolute atomic E-state index is 12.5. The smallest absolute Gasteiger partial charge is 0.409 e. The van der Waals surface area contributed by atoms with Gasteiger partial charge in [-0.15, -0.1) is 0 Å². The van der Waals surface area contributed by atoms with Crippen LogP contribution in [0.15, 0.2) is 23.1 Å². The average molecular weight is 440 g/mol. The first-order valence-electron chi connectivity index (χ1n) is 10.4. The number of rotatable bonds is 7. The average Bonchev–Trinajstić information content (AvgIpc) is 2.94. The van der Waals surface area contributed by atoms with Crippen molar-refractivity contribution in [2.45, 2.75) is 45.4 Å². The first-order chi connectivity index (χ1) is 14.1. The molecular weight excluding hydrogens is 406 g/mol. The number of nitrogens with one attached hydrogen (secondary N) is 1. The van der Waals surface area contributed by atoms with E-state index in [9.17, 15) is 18.0 Å². The Morgan fingerprint density at radius 2 is 1.73 bits per heavy atom. The molecule has 0 radical (unpaired) electrons. The predicted molar refractivity (Wildman–Crippen MR) is 115 cm³/mol. The molecule has 1 heterocycles. The number of hydrogen-bond donors (Lipinski definition) is 1. The third kappa shape index (κ3) is 6.98. The first kappa shape index (κ1) is 24.1. The van der Waals surface area contributed by atoms with Crippen molar-refractivity contribution in [1.82, 2.24) is 14.5 Å². The lowest BCUT2D eigenvalue weighted by atomic mass is 10.1. The lowest BCUT2D eigenvalue weighted by Crippen LogP contribution is -2.39.